The number of carbonyl (C=O) groups is 2. The lowest BCUT2D eigenvalue weighted by Crippen LogP contribution is -2.25. The molecule has 0 unspecified atom stereocenters. The maximum Gasteiger partial charge on any atom is 0.231 e. The van der Waals surface area contributed by atoms with Crippen molar-refractivity contribution in [3.05, 3.63) is 0 Å². The number of amides is 2. The summed E-state index contributed by atoms with van der Waals surface area (Å²) >= 11 is 0.954. The van der Waals surface area contributed by atoms with Crippen LogP contribution in [-0.2, 0) is 9.59 Å². The van der Waals surface area contributed by atoms with Gasteiger partial charge >= 0.3 is 0 Å². The second kappa shape index (κ2) is 13.1. The van der Waals surface area contributed by atoms with Gasteiger partial charge in [-0.15, -0.1) is 0 Å². The molecule has 2 amide bonds. The molecule has 0 rings (SSSR count). The van der Waals surface area contributed by atoms with Crippen molar-refractivity contribution in [3.8, 4) is 0 Å². The van der Waals surface area contributed by atoms with E-state index in [1.807, 2.05) is 12.5 Å². The van der Waals surface area contributed by atoms with E-state index >= 15 is 0 Å². The fourth-order valence-electron chi connectivity index (χ4n) is 0.677. The topological polar surface area (TPSA) is 58.2 Å². The van der Waals surface area contributed by atoms with Crippen molar-refractivity contribution in [2.75, 3.05) is 24.0 Å². The lowest BCUT2D eigenvalue weighted by Gasteiger charge is -2.04. The van der Waals surface area contributed by atoms with Crippen LogP contribution in [0.2, 0.25) is 0 Å². The van der Waals surface area contributed by atoms with Crippen molar-refractivity contribution in [3.63, 3.8) is 0 Å². The Balaban J connectivity index is 3.36. The van der Waals surface area contributed by atoms with Crippen LogP contribution in [0, 0.1) is 0 Å². The molecule has 2 N–H and O–H groups in total. The minimum Gasteiger partial charge on any atom is -0.282 e. The van der Waals surface area contributed by atoms with E-state index < -0.39 is 0 Å². The molecule has 4 nitrogen and oxygen atoms in total. The van der Waals surface area contributed by atoms with E-state index in [4.69, 9.17) is 0 Å². The average molecular weight is 333 g/mol. The molecule has 0 aliphatic carbocycles. The molecule has 0 aromatic carbocycles. The molecule has 0 bridgehead atoms. The van der Waals surface area contributed by atoms with Gasteiger partial charge in [0.25, 0.3) is 0 Å². The maximum absolute atomic E-state index is 11.2. The van der Waals surface area contributed by atoms with Gasteiger partial charge in [-0.1, -0.05) is 43.2 Å². The quantitative estimate of drug-likeness (QED) is 0.362. The number of nitrogens with one attached hydrogen (secondary N) is 2. The summed E-state index contributed by atoms with van der Waals surface area (Å²) in [6.45, 7) is 0. The van der Waals surface area contributed by atoms with Gasteiger partial charge < -0.3 is 0 Å². The van der Waals surface area contributed by atoms with Crippen LogP contribution in [0.4, 0.5) is 0 Å². The first-order valence-electron chi connectivity index (χ1n) is 4.75. The Kier molecular flexibility index (Phi) is 13.7. The minimum absolute atomic E-state index is 0.0599. The average Bonchev–Trinajstić information content (AvgIpc) is 2.30. The third kappa shape index (κ3) is 12.9. The summed E-state index contributed by atoms with van der Waals surface area (Å²) in [6.07, 6.45) is 4.89. The molecule has 0 aliphatic heterocycles. The van der Waals surface area contributed by atoms with Crippen molar-refractivity contribution >= 4 is 67.1 Å². The lowest BCUT2D eigenvalue weighted by molar-refractivity contribution is -0.118. The highest BCUT2D eigenvalue weighted by Gasteiger charge is 2.04. The normalized spacial score (nSPS) is 10.0. The summed E-state index contributed by atoms with van der Waals surface area (Å²) in [6, 6.07) is 0. The molecule has 0 saturated heterocycles. The smallest absolute Gasteiger partial charge is 0.231 e. The summed E-state index contributed by atoms with van der Waals surface area (Å²) < 4.78 is 5.15. The molecule has 9 heteroatoms. The van der Waals surface area contributed by atoms with Crippen LogP contribution in [0.25, 0.3) is 0 Å². The second-order valence-electron chi connectivity index (χ2n) is 2.63. The van der Waals surface area contributed by atoms with Crippen LogP contribution in [0.5, 0.6) is 0 Å². The van der Waals surface area contributed by atoms with E-state index in [0.29, 0.717) is 12.8 Å². The SMILES string of the molecule is CSSCCC(=O)NSNC(=O)CCSSC. The number of hydrogen-bond acceptors (Lipinski definition) is 7. The molecular formula is C8H16N2O2S5. The van der Waals surface area contributed by atoms with E-state index in [9.17, 15) is 9.59 Å². The molecule has 0 aliphatic rings. The first-order valence-corrected chi connectivity index (χ1v) is 11.0. The summed E-state index contributed by atoms with van der Waals surface area (Å²) in [5.74, 6) is 1.45. The molecule has 0 spiro atoms. The number of rotatable bonds is 10. The van der Waals surface area contributed by atoms with Crippen molar-refractivity contribution in [1.82, 2.24) is 9.44 Å². The van der Waals surface area contributed by atoms with Crippen LogP contribution in [0.3, 0.4) is 0 Å². The van der Waals surface area contributed by atoms with Crippen LogP contribution in [0.1, 0.15) is 12.8 Å². The molecule has 0 fully saturated rings. The number of hydrogen-bond donors (Lipinski definition) is 2. The summed E-state index contributed by atoms with van der Waals surface area (Å²) in [5.41, 5.74) is 0. The monoisotopic (exact) mass is 332 g/mol. The molecule has 0 heterocycles. The van der Waals surface area contributed by atoms with Crippen molar-refractivity contribution in [2.24, 2.45) is 0 Å². The van der Waals surface area contributed by atoms with E-state index in [0.717, 1.165) is 23.6 Å². The van der Waals surface area contributed by atoms with Crippen LogP contribution < -0.4 is 9.44 Å². The van der Waals surface area contributed by atoms with Crippen LogP contribution in [0.15, 0.2) is 0 Å². The zero-order valence-corrected chi connectivity index (χ0v) is 13.8. The fourth-order valence-corrected chi connectivity index (χ4v) is 3.53. The van der Waals surface area contributed by atoms with Crippen molar-refractivity contribution < 1.29 is 9.59 Å². The highest BCUT2D eigenvalue weighted by Crippen LogP contribution is 2.18. The maximum atomic E-state index is 11.2. The first kappa shape index (κ1) is 17.7. The molecule has 17 heavy (non-hydrogen) atoms. The Labute approximate surface area is 122 Å². The molecular weight excluding hydrogens is 316 g/mol. The Bertz CT molecular complexity index is 208. The standard InChI is InChI=1S/C8H16N2O2S5/c1-13-15-5-3-7(11)9-17-10-8(12)4-6-16-14-2/h3-6H2,1-2H3,(H,9,11)(H,10,12). The highest BCUT2D eigenvalue weighted by molar-refractivity contribution is 8.76. The van der Waals surface area contributed by atoms with Crippen LogP contribution in [-0.4, -0.2) is 35.8 Å². The first-order chi connectivity index (χ1) is 8.20. The fraction of sp³-hybridized carbons (Fsp3) is 0.750. The van der Waals surface area contributed by atoms with Crippen LogP contribution >= 0.6 is 55.3 Å². The van der Waals surface area contributed by atoms with Gasteiger partial charge in [-0.25, -0.2) is 0 Å². The Morgan fingerprint density at radius 1 is 0.882 bits per heavy atom. The lowest BCUT2D eigenvalue weighted by atomic mass is 10.5. The largest absolute Gasteiger partial charge is 0.282 e. The zero-order valence-electron chi connectivity index (χ0n) is 9.69. The van der Waals surface area contributed by atoms with Crippen molar-refractivity contribution in [1.29, 1.82) is 0 Å². The molecule has 100 valence electrons. The van der Waals surface area contributed by atoms with Gasteiger partial charge in [0.2, 0.25) is 11.8 Å². The molecule has 0 aromatic rings. The molecule has 0 aromatic heterocycles. The Morgan fingerprint density at radius 3 is 1.65 bits per heavy atom. The minimum atomic E-state index is -0.0599. The van der Waals surface area contributed by atoms with Gasteiger partial charge in [-0.05, 0) is 12.5 Å². The van der Waals surface area contributed by atoms with E-state index in [2.05, 4.69) is 9.44 Å². The summed E-state index contributed by atoms with van der Waals surface area (Å²) in [5, 5.41) is 0. The van der Waals surface area contributed by atoms with Gasteiger partial charge in [0.15, 0.2) is 0 Å². The summed E-state index contributed by atoms with van der Waals surface area (Å²) in [4.78, 5) is 22.5. The van der Waals surface area contributed by atoms with Crippen molar-refractivity contribution in [2.45, 2.75) is 12.8 Å². The van der Waals surface area contributed by atoms with Gasteiger partial charge in [-0.2, -0.15) is 0 Å². The van der Waals surface area contributed by atoms with Gasteiger partial charge in [0.1, 0.15) is 0 Å². The van der Waals surface area contributed by atoms with E-state index in [1.54, 1.807) is 43.2 Å². The summed E-state index contributed by atoms with van der Waals surface area (Å²) in [7, 11) is 6.57. The predicted molar refractivity (Wildman–Crippen MR) is 85.1 cm³/mol. The van der Waals surface area contributed by atoms with E-state index in [1.165, 1.54) is 0 Å². The molecule has 0 saturated carbocycles. The number of carbonyl (C=O) groups excluding carboxylic acids is 2. The zero-order chi connectivity index (χ0) is 12.9. The predicted octanol–water partition coefficient (Wildman–Crippen LogP) is 2.58. The highest BCUT2D eigenvalue weighted by atomic mass is 33.1. The second-order valence-corrected chi connectivity index (χ2v) is 8.61. The third-order valence-electron chi connectivity index (χ3n) is 1.39. The van der Waals surface area contributed by atoms with Gasteiger partial charge in [-0.3, -0.25) is 19.0 Å². The van der Waals surface area contributed by atoms with Gasteiger partial charge in [0, 0.05) is 24.3 Å². The molecule has 0 radical (unpaired) electrons. The van der Waals surface area contributed by atoms with E-state index in [-0.39, 0.29) is 11.8 Å². The third-order valence-corrected chi connectivity index (χ3v) is 5.68. The molecule has 0 atom stereocenters. The Morgan fingerprint density at radius 2 is 1.29 bits per heavy atom. The Hall–Kier alpha value is 0.690. The van der Waals surface area contributed by atoms with Gasteiger partial charge in [0.05, 0.1) is 12.1 Å².